The number of rotatable bonds is 3. The molecule has 0 spiro atoms. The Morgan fingerprint density at radius 3 is 2.33 bits per heavy atom. The number of hydrogen-bond acceptors (Lipinski definition) is 4. The highest BCUT2D eigenvalue weighted by Crippen LogP contribution is 1.98. The summed E-state index contributed by atoms with van der Waals surface area (Å²) >= 11 is 0. The number of ketones is 1. The minimum atomic E-state index is -0.785. The Kier molecular flexibility index (Phi) is 4.76. The molecule has 12 heavy (non-hydrogen) atoms. The first-order valence-electron chi connectivity index (χ1n) is 3.59. The van der Waals surface area contributed by atoms with Gasteiger partial charge in [-0.05, 0) is 20.8 Å². The summed E-state index contributed by atoms with van der Waals surface area (Å²) in [6.07, 6.45) is 0.434. The van der Waals surface area contributed by atoms with E-state index in [-0.39, 0.29) is 18.1 Å². The van der Waals surface area contributed by atoms with E-state index in [1.54, 1.807) is 6.92 Å². The lowest BCUT2D eigenvalue weighted by atomic mass is 10.4. The van der Waals surface area contributed by atoms with Gasteiger partial charge >= 0.3 is 6.16 Å². The number of hydrogen-bond donors (Lipinski definition) is 0. The van der Waals surface area contributed by atoms with Gasteiger partial charge in [-0.2, -0.15) is 0 Å². The van der Waals surface area contributed by atoms with Crippen molar-refractivity contribution in [3.63, 3.8) is 0 Å². The molecule has 0 radical (unpaired) electrons. The molecule has 0 aliphatic heterocycles. The van der Waals surface area contributed by atoms with Crippen LogP contribution in [0.5, 0.6) is 0 Å². The van der Waals surface area contributed by atoms with E-state index in [1.165, 1.54) is 19.9 Å². The Morgan fingerprint density at radius 2 is 1.92 bits per heavy atom. The van der Waals surface area contributed by atoms with Gasteiger partial charge in [-0.15, -0.1) is 0 Å². The number of allylic oxidation sites excluding steroid dienone is 2. The van der Waals surface area contributed by atoms with Gasteiger partial charge < -0.3 is 9.47 Å². The molecule has 0 N–H and O–H groups in total. The van der Waals surface area contributed by atoms with Gasteiger partial charge in [-0.3, -0.25) is 4.79 Å². The van der Waals surface area contributed by atoms with Gasteiger partial charge in [0.1, 0.15) is 5.76 Å². The zero-order chi connectivity index (χ0) is 9.56. The van der Waals surface area contributed by atoms with Crippen LogP contribution >= 0.6 is 0 Å². The van der Waals surface area contributed by atoms with Crippen molar-refractivity contribution in [1.29, 1.82) is 0 Å². The number of carbonyl (C=O) groups is 2. The zero-order valence-electron chi connectivity index (χ0n) is 7.42. The van der Waals surface area contributed by atoms with Crippen LogP contribution in [-0.4, -0.2) is 18.5 Å². The maximum atomic E-state index is 10.6. The summed E-state index contributed by atoms with van der Waals surface area (Å²) in [4.78, 5) is 21.1. The highest BCUT2D eigenvalue weighted by molar-refractivity contribution is 5.87. The van der Waals surface area contributed by atoms with E-state index in [4.69, 9.17) is 0 Å². The van der Waals surface area contributed by atoms with Crippen molar-refractivity contribution in [2.45, 2.75) is 20.8 Å². The van der Waals surface area contributed by atoms with Crippen molar-refractivity contribution in [1.82, 2.24) is 0 Å². The molecule has 4 nitrogen and oxygen atoms in total. The van der Waals surface area contributed by atoms with Crippen molar-refractivity contribution in [2.75, 3.05) is 6.61 Å². The third-order valence-corrected chi connectivity index (χ3v) is 0.913. The van der Waals surface area contributed by atoms with Gasteiger partial charge in [0.25, 0.3) is 0 Å². The topological polar surface area (TPSA) is 52.6 Å². The van der Waals surface area contributed by atoms with Crippen molar-refractivity contribution in [2.24, 2.45) is 0 Å². The lowest BCUT2D eigenvalue weighted by Gasteiger charge is -2.02. The molecule has 0 saturated carbocycles. The molecule has 68 valence electrons. The van der Waals surface area contributed by atoms with Crippen molar-refractivity contribution >= 4 is 11.9 Å². The smallest absolute Gasteiger partial charge is 0.434 e. The van der Waals surface area contributed by atoms with E-state index in [1.807, 2.05) is 0 Å². The third-order valence-electron chi connectivity index (χ3n) is 0.913. The molecule has 0 bridgehead atoms. The normalized spacial score (nSPS) is 10.8. The Hall–Kier alpha value is -1.32. The predicted molar refractivity (Wildman–Crippen MR) is 42.5 cm³/mol. The molecule has 0 unspecified atom stereocenters. The first kappa shape index (κ1) is 10.7. The maximum absolute atomic E-state index is 10.6. The molecule has 0 atom stereocenters. The minimum absolute atomic E-state index is 0.170. The van der Waals surface area contributed by atoms with Crippen molar-refractivity contribution < 1.29 is 19.1 Å². The van der Waals surface area contributed by atoms with Crippen LogP contribution in [0.15, 0.2) is 11.8 Å². The Bertz CT molecular complexity index is 205. The van der Waals surface area contributed by atoms with E-state index in [2.05, 4.69) is 9.47 Å². The summed E-state index contributed by atoms with van der Waals surface area (Å²) < 4.78 is 9.06. The number of carbonyl (C=O) groups excluding carboxylic acids is 2. The van der Waals surface area contributed by atoms with Crippen LogP contribution in [-0.2, 0) is 14.3 Å². The fraction of sp³-hybridized carbons (Fsp3) is 0.500. The van der Waals surface area contributed by atoms with Crippen LogP contribution in [0.4, 0.5) is 4.79 Å². The summed E-state index contributed by atoms with van der Waals surface area (Å²) in [6, 6.07) is 0. The molecule has 0 heterocycles. The average molecular weight is 172 g/mol. The molecule has 0 aromatic carbocycles. The van der Waals surface area contributed by atoms with Crippen LogP contribution in [0.3, 0.4) is 0 Å². The van der Waals surface area contributed by atoms with Crippen LogP contribution in [0, 0.1) is 0 Å². The molecule has 0 aliphatic carbocycles. The molecule has 0 aliphatic rings. The van der Waals surface area contributed by atoms with Crippen LogP contribution in [0.25, 0.3) is 0 Å². The summed E-state index contributed by atoms with van der Waals surface area (Å²) in [5.74, 6) is 0.0674. The van der Waals surface area contributed by atoms with E-state index in [0.29, 0.717) is 0 Å². The molecular weight excluding hydrogens is 160 g/mol. The summed E-state index contributed by atoms with van der Waals surface area (Å²) in [6.45, 7) is 4.81. The lowest BCUT2D eigenvalue weighted by Crippen LogP contribution is -2.06. The molecule has 0 fully saturated rings. The molecule has 0 rings (SSSR count). The second-order valence-electron chi connectivity index (χ2n) is 2.15. The average Bonchev–Trinajstić information content (AvgIpc) is 1.84. The Morgan fingerprint density at radius 1 is 1.33 bits per heavy atom. The van der Waals surface area contributed by atoms with E-state index in [0.717, 1.165) is 0 Å². The van der Waals surface area contributed by atoms with Gasteiger partial charge in [0.2, 0.25) is 0 Å². The van der Waals surface area contributed by atoms with Gasteiger partial charge in [-0.25, -0.2) is 4.79 Å². The molecule has 0 aromatic heterocycles. The first-order chi connectivity index (χ1) is 5.56. The van der Waals surface area contributed by atoms with Crippen molar-refractivity contribution in [3.8, 4) is 0 Å². The number of ether oxygens (including phenoxy) is 2. The monoisotopic (exact) mass is 172 g/mol. The summed E-state index contributed by atoms with van der Waals surface area (Å²) in [5.41, 5.74) is 0. The highest BCUT2D eigenvalue weighted by Gasteiger charge is 2.03. The summed E-state index contributed by atoms with van der Waals surface area (Å²) in [5, 5.41) is 0. The molecule has 0 amide bonds. The standard InChI is InChI=1S/C8H12O4/c1-4-11-8(10)12-7(3)5-6(2)9/h5H,4H2,1-3H3. The van der Waals surface area contributed by atoms with E-state index < -0.39 is 6.16 Å². The largest absolute Gasteiger partial charge is 0.513 e. The fourth-order valence-corrected chi connectivity index (χ4v) is 0.594. The van der Waals surface area contributed by atoms with Gasteiger partial charge in [0, 0.05) is 6.08 Å². The van der Waals surface area contributed by atoms with Gasteiger partial charge in [-0.1, -0.05) is 0 Å². The van der Waals surface area contributed by atoms with Gasteiger partial charge in [0.05, 0.1) is 6.61 Å². The predicted octanol–water partition coefficient (Wildman–Crippen LogP) is 1.65. The molecular formula is C8H12O4. The quantitative estimate of drug-likeness (QED) is 0.369. The molecule has 0 aromatic rings. The van der Waals surface area contributed by atoms with Crippen molar-refractivity contribution in [3.05, 3.63) is 11.8 Å². The Labute approximate surface area is 71.2 Å². The van der Waals surface area contributed by atoms with Crippen LogP contribution < -0.4 is 0 Å². The fourth-order valence-electron chi connectivity index (χ4n) is 0.594. The van der Waals surface area contributed by atoms with Gasteiger partial charge in [0.15, 0.2) is 5.78 Å². The minimum Gasteiger partial charge on any atom is -0.434 e. The van der Waals surface area contributed by atoms with Crippen LogP contribution in [0.1, 0.15) is 20.8 Å². The van der Waals surface area contributed by atoms with E-state index >= 15 is 0 Å². The first-order valence-corrected chi connectivity index (χ1v) is 3.59. The zero-order valence-corrected chi connectivity index (χ0v) is 7.42. The second kappa shape index (κ2) is 5.35. The maximum Gasteiger partial charge on any atom is 0.513 e. The van der Waals surface area contributed by atoms with E-state index in [9.17, 15) is 9.59 Å². The third kappa shape index (κ3) is 5.46. The summed E-state index contributed by atoms with van der Waals surface area (Å²) in [7, 11) is 0. The molecule has 4 heteroatoms. The highest BCUT2D eigenvalue weighted by atomic mass is 16.7. The van der Waals surface area contributed by atoms with Crippen LogP contribution in [0.2, 0.25) is 0 Å². The lowest BCUT2D eigenvalue weighted by molar-refractivity contribution is -0.112. The SMILES string of the molecule is CCOC(=O)OC(C)=CC(C)=O. The second-order valence-corrected chi connectivity index (χ2v) is 2.15. The molecule has 0 saturated heterocycles. The Balaban J connectivity index is 3.91.